The Balaban J connectivity index is 1.57. The van der Waals surface area contributed by atoms with Crippen LogP contribution in [-0.2, 0) is 16.0 Å². The van der Waals surface area contributed by atoms with E-state index in [0.29, 0.717) is 18.0 Å². The van der Waals surface area contributed by atoms with E-state index in [0.717, 1.165) is 24.0 Å². The maximum atomic E-state index is 12.5. The predicted molar refractivity (Wildman–Crippen MR) is 101 cm³/mol. The van der Waals surface area contributed by atoms with Gasteiger partial charge in [-0.05, 0) is 36.1 Å². The van der Waals surface area contributed by atoms with E-state index in [-0.39, 0.29) is 18.4 Å². The second-order valence-electron chi connectivity index (χ2n) is 6.74. The number of benzene rings is 2. The highest BCUT2D eigenvalue weighted by Gasteiger charge is 2.40. The molecule has 4 nitrogen and oxygen atoms in total. The average Bonchev–Trinajstić information content (AvgIpc) is 3.10. The number of hydrogen-bond donors (Lipinski definition) is 1. The van der Waals surface area contributed by atoms with Crippen molar-refractivity contribution in [2.75, 3.05) is 13.1 Å². The van der Waals surface area contributed by atoms with Crippen molar-refractivity contribution in [3.8, 4) is 0 Å². The molecule has 136 valence electrons. The van der Waals surface area contributed by atoms with Gasteiger partial charge in [0.1, 0.15) is 0 Å². The molecule has 2 aromatic rings. The predicted octanol–water partition coefficient (Wildman–Crippen LogP) is 3.99. The zero-order valence-electron chi connectivity index (χ0n) is 14.5. The third-order valence-corrected chi connectivity index (χ3v) is 5.24. The van der Waals surface area contributed by atoms with E-state index < -0.39 is 11.9 Å². The van der Waals surface area contributed by atoms with Crippen molar-refractivity contribution in [3.63, 3.8) is 0 Å². The number of aryl methyl sites for hydroxylation is 1. The lowest BCUT2D eigenvalue weighted by Gasteiger charge is -2.16. The van der Waals surface area contributed by atoms with Crippen LogP contribution in [0.1, 0.15) is 29.9 Å². The summed E-state index contributed by atoms with van der Waals surface area (Å²) >= 11 is 5.88. The number of likely N-dealkylation sites (tertiary alicyclic amines) is 1. The van der Waals surface area contributed by atoms with Crippen LogP contribution in [0.5, 0.6) is 0 Å². The second kappa shape index (κ2) is 8.37. The van der Waals surface area contributed by atoms with Crippen molar-refractivity contribution in [1.29, 1.82) is 0 Å². The highest BCUT2D eigenvalue weighted by atomic mass is 35.5. The Morgan fingerprint density at radius 3 is 2.38 bits per heavy atom. The van der Waals surface area contributed by atoms with Crippen molar-refractivity contribution in [2.45, 2.75) is 25.2 Å². The lowest BCUT2D eigenvalue weighted by molar-refractivity contribution is -0.141. The van der Waals surface area contributed by atoms with Gasteiger partial charge in [-0.2, -0.15) is 0 Å². The Hall–Kier alpha value is -2.33. The maximum Gasteiger partial charge on any atom is 0.308 e. The monoisotopic (exact) mass is 371 g/mol. The molecule has 1 heterocycles. The lowest BCUT2D eigenvalue weighted by atomic mass is 9.89. The Morgan fingerprint density at radius 1 is 1.04 bits per heavy atom. The molecule has 1 saturated heterocycles. The first-order valence-corrected chi connectivity index (χ1v) is 9.22. The van der Waals surface area contributed by atoms with Crippen LogP contribution in [-0.4, -0.2) is 35.0 Å². The van der Waals surface area contributed by atoms with Crippen LogP contribution in [0.25, 0.3) is 0 Å². The quantitative estimate of drug-likeness (QED) is 0.835. The molecule has 1 N–H and O–H groups in total. The molecule has 1 fully saturated rings. The molecule has 0 bridgehead atoms. The Labute approximate surface area is 158 Å². The normalized spacial score (nSPS) is 19.5. The van der Waals surface area contributed by atoms with Crippen molar-refractivity contribution >= 4 is 23.5 Å². The number of hydrogen-bond acceptors (Lipinski definition) is 2. The summed E-state index contributed by atoms with van der Waals surface area (Å²) in [5.41, 5.74) is 2.13. The standard InChI is InChI=1S/C21H22ClNO3/c22-17-11-9-15(10-12-17)5-4-8-20(24)23-13-18(19(14-23)21(25)26)16-6-2-1-3-7-16/h1-3,6-7,9-12,18-19H,4-5,8,13-14H2,(H,25,26)/t18-,19-/m1/s1. The number of halogens is 1. The summed E-state index contributed by atoms with van der Waals surface area (Å²) in [6.45, 7) is 0.759. The maximum absolute atomic E-state index is 12.5. The van der Waals surface area contributed by atoms with Crippen LogP contribution in [0.4, 0.5) is 0 Å². The number of carboxylic acids is 1. The van der Waals surface area contributed by atoms with E-state index in [9.17, 15) is 14.7 Å². The minimum Gasteiger partial charge on any atom is -0.481 e. The fraction of sp³-hybridized carbons (Fsp3) is 0.333. The molecule has 1 amide bonds. The molecule has 1 aliphatic heterocycles. The van der Waals surface area contributed by atoms with Crippen LogP contribution in [0.2, 0.25) is 5.02 Å². The highest BCUT2D eigenvalue weighted by molar-refractivity contribution is 6.30. The molecule has 1 aliphatic rings. The molecule has 0 unspecified atom stereocenters. The second-order valence-corrected chi connectivity index (χ2v) is 7.18. The molecular weight excluding hydrogens is 350 g/mol. The molecule has 26 heavy (non-hydrogen) atoms. The van der Waals surface area contributed by atoms with Gasteiger partial charge < -0.3 is 10.0 Å². The van der Waals surface area contributed by atoms with Crippen molar-refractivity contribution < 1.29 is 14.7 Å². The van der Waals surface area contributed by atoms with Gasteiger partial charge >= 0.3 is 5.97 Å². The van der Waals surface area contributed by atoms with E-state index in [2.05, 4.69) is 0 Å². The summed E-state index contributed by atoms with van der Waals surface area (Å²) < 4.78 is 0. The minimum absolute atomic E-state index is 0.0312. The molecule has 0 aliphatic carbocycles. The van der Waals surface area contributed by atoms with Gasteiger partial charge in [0, 0.05) is 30.5 Å². The summed E-state index contributed by atoms with van der Waals surface area (Å²) in [6, 6.07) is 17.2. The van der Waals surface area contributed by atoms with Crippen molar-refractivity contribution in [1.82, 2.24) is 4.90 Å². The number of carbonyl (C=O) groups is 2. The summed E-state index contributed by atoms with van der Waals surface area (Å²) in [6.07, 6.45) is 1.97. The van der Waals surface area contributed by atoms with Gasteiger partial charge in [-0.25, -0.2) is 0 Å². The van der Waals surface area contributed by atoms with E-state index >= 15 is 0 Å². The van der Waals surface area contributed by atoms with Gasteiger partial charge in [-0.3, -0.25) is 9.59 Å². The lowest BCUT2D eigenvalue weighted by Crippen LogP contribution is -2.29. The highest BCUT2D eigenvalue weighted by Crippen LogP contribution is 2.33. The van der Waals surface area contributed by atoms with Crippen molar-refractivity contribution in [3.05, 3.63) is 70.7 Å². The van der Waals surface area contributed by atoms with Crippen LogP contribution in [0.3, 0.4) is 0 Å². The van der Waals surface area contributed by atoms with Crippen LogP contribution in [0.15, 0.2) is 54.6 Å². The topological polar surface area (TPSA) is 57.6 Å². The SMILES string of the molecule is O=C(O)[C@@H]1CN(C(=O)CCCc2ccc(Cl)cc2)C[C@@H]1c1ccccc1. The molecule has 2 aromatic carbocycles. The molecule has 3 rings (SSSR count). The first-order valence-electron chi connectivity index (χ1n) is 8.84. The Bertz CT molecular complexity index is 761. The number of nitrogens with zero attached hydrogens (tertiary/aromatic N) is 1. The van der Waals surface area contributed by atoms with Crippen LogP contribution >= 0.6 is 11.6 Å². The first-order chi connectivity index (χ1) is 12.5. The van der Waals surface area contributed by atoms with Gasteiger partial charge in [0.05, 0.1) is 5.92 Å². The Kier molecular flexibility index (Phi) is 5.94. The third kappa shape index (κ3) is 4.44. The van der Waals surface area contributed by atoms with Gasteiger partial charge in [-0.1, -0.05) is 54.1 Å². The fourth-order valence-electron chi connectivity index (χ4n) is 3.55. The molecule has 5 heteroatoms. The van der Waals surface area contributed by atoms with E-state index in [1.165, 1.54) is 0 Å². The molecule has 0 radical (unpaired) electrons. The molecule has 2 atom stereocenters. The largest absolute Gasteiger partial charge is 0.481 e. The first kappa shape index (κ1) is 18.5. The number of rotatable bonds is 6. The number of carbonyl (C=O) groups excluding carboxylic acids is 1. The zero-order chi connectivity index (χ0) is 18.5. The summed E-state index contributed by atoms with van der Waals surface area (Å²) in [5, 5.41) is 10.2. The molecule has 0 aromatic heterocycles. The van der Waals surface area contributed by atoms with Crippen LogP contribution in [0, 0.1) is 5.92 Å². The molecular formula is C21H22ClNO3. The van der Waals surface area contributed by atoms with Gasteiger partial charge in [0.15, 0.2) is 0 Å². The van der Waals surface area contributed by atoms with Gasteiger partial charge in [0.2, 0.25) is 5.91 Å². The smallest absolute Gasteiger partial charge is 0.308 e. The molecule has 0 spiro atoms. The van der Waals surface area contributed by atoms with Gasteiger partial charge in [-0.15, -0.1) is 0 Å². The molecule has 0 saturated carbocycles. The van der Waals surface area contributed by atoms with E-state index in [4.69, 9.17) is 11.6 Å². The third-order valence-electron chi connectivity index (χ3n) is 4.99. The number of amides is 1. The number of aliphatic carboxylic acids is 1. The minimum atomic E-state index is -0.838. The summed E-state index contributed by atoms with van der Waals surface area (Å²) in [4.78, 5) is 25.9. The van der Waals surface area contributed by atoms with E-state index in [1.807, 2.05) is 54.6 Å². The summed E-state index contributed by atoms with van der Waals surface area (Å²) in [5.74, 6) is -1.49. The fourth-order valence-corrected chi connectivity index (χ4v) is 3.67. The Morgan fingerprint density at radius 2 is 1.73 bits per heavy atom. The number of carboxylic acid groups (broad SMARTS) is 1. The van der Waals surface area contributed by atoms with Crippen molar-refractivity contribution in [2.24, 2.45) is 5.92 Å². The van der Waals surface area contributed by atoms with E-state index in [1.54, 1.807) is 4.90 Å². The zero-order valence-corrected chi connectivity index (χ0v) is 15.2. The van der Waals surface area contributed by atoms with Crippen LogP contribution < -0.4 is 0 Å². The summed E-state index contributed by atoms with van der Waals surface area (Å²) in [7, 11) is 0. The van der Waals surface area contributed by atoms with Gasteiger partial charge in [0.25, 0.3) is 0 Å². The average molecular weight is 372 g/mol.